The van der Waals surface area contributed by atoms with E-state index in [0.717, 1.165) is 60.7 Å². The number of morpholine rings is 1. The lowest BCUT2D eigenvalue weighted by molar-refractivity contribution is -0.143. The predicted molar refractivity (Wildman–Crippen MR) is 158 cm³/mol. The fourth-order valence-electron chi connectivity index (χ4n) is 7.19. The number of aliphatic hydroxyl groups is 1. The summed E-state index contributed by atoms with van der Waals surface area (Å²) in [5.41, 5.74) is 3.91. The van der Waals surface area contributed by atoms with Crippen LogP contribution in [0.4, 0.5) is 0 Å². The van der Waals surface area contributed by atoms with Crippen molar-refractivity contribution in [2.75, 3.05) is 53.0 Å². The number of benzene rings is 1. The smallest absolute Gasteiger partial charge is 0.249 e. The lowest BCUT2D eigenvalue weighted by Crippen LogP contribution is -2.48. The van der Waals surface area contributed by atoms with Gasteiger partial charge in [-0.05, 0) is 87.0 Å². The Labute approximate surface area is 244 Å². The van der Waals surface area contributed by atoms with Gasteiger partial charge in [0, 0.05) is 31.2 Å². The summed E-state index contributed by atoms with van der Waals surface area (Å²) in [6.45, 7) is 6.51. The number of methoxy groups -OCH3 is 1. The van der Waals surface area contributed by atoms with Crippen LogP contribution in [0, 0.1) is 11.3 Å². The standard InChI is InChI=1S/C32H48N4O5/c1-40-26-7-8-28-27(21-26)30(25(22-33-28)23-36-17-19-41-20-18-36)29(37)9-11-32(31(38)34-39)12-15-35(16-13-32)14-10-24-5-3-2-4-6-24/h7-8,21-22,24,29,37,39H,2-6,9-20,23H2,1H3,(H,34,38)/t29-/m1/s1. The highest BCUT2D eigenvalue weighted by atomic mass is 16.5. The first-order valence-corrected chi connectivity index (χ1v) is 15.6. The summed E-state index contributed by atoms with van der Waals surface area (Å²) >= 11 is 0. The van der Waals surface area contributed by atoms with Crippen LogP contribution in [0.3, 0.4) is 0 Å². The first kappa shape index (κ1) is 30.2. The van der Waals surface area contributed by atoms with Gasteiger partial charge < -0.3 is 19.5 Å². The van der Waals surface area contributed by atoms with Gasteiger partial charge in [0.1, 0.15) is 5.75 Å². The third-order valence-corrected chi connectivity index (χ3v) is 9.90. The van der Waals surface area contributed by atoms with Gasteiger partial charge in [-0.2, -0.15) is 0 Å². The number of nitrogens with one attached hydrogen (secondary N) is 1. The van der Waals surface area contributed by atoms with Crippen molar-refractivity contribution in [2.45, 2.75) is 76.9 Å². The number of ether oxygens (including phenoxy) is 2. The zero-order chi connectivity index (χ0) is 28.7. The Morgan fingerprint density at radius 1 is 1.15 bits per heavy atom. The van der Waals surface area contributed by atoms with Crippen LogP contribution in [-0.4, -0.2) is 84.1 Å². The molecule has 0 radical (unpaired) electrons. The van der Waals surface area contributed by atoms with Crippen molar-refractivity contribution in [1.82, 2.24) is 20.3 Å². The number of hydroxylamine groups is 1. The summed E-state index contributed by atoms with van der Waals surface area (Å²) in [4.78, 5) is 22.6. The molecule has 1 amide bonds. The Hall–Kier alpha value is -2.30. The Morgan fingerprint density at radius 2 is 1.90 bits per heavy atom. The van der Waals surface area contributed by atoms with Crippen LogP contribution in [0.1, 0.15) is 81.4 Å². The van der Waals surface area contributed by atoms with E-state index in [0.29, 0.717) is 51.2 Å². The fraction of sp³-hybridized carbons (Fsp3) is 0.688. The molecule has 1 aromatic carbocycles. The average Bonchev–Trinajstić information content (AvgIpc) is 3.03. The van der Waals surface area contributed by atoms with Gasteiger partial charge in [0.25, 0.3) is 0 Å². The highest BCUT2D eigenvalue weighted by Gasteiger charge is 2.41. The van der Waals surface area contributed by atoms with E-state index in [-0.39, 0.29) is 5.91 Å². The summed E-state index contributed by atoms with van der Waals surface area (Å²) < 4.78 is 11.0. The first-order valence-electron chi connectivity index (χ1n) is 15.6. The van der Waals surface area contributed by atoms with Gasteiger partial charge in [0.05, 0.1) is 37.4 Å². The summed E-state index contributed by atoms with van der Waals surface area (Å²) in [5.74, 6) is 1.23. The molecule has 3 heterocycles. The van der Waals surface area contributed by atoms with Gasteiger partial charge in [-0.15, -0.1) is 0 Å². The molecular formula is C32H48N4O5. The fourth-order valence-corrected chi connectivity index (χ4v) is 7.19. The molecule has 2 aliphatic heterocycles. The molecule has 3 N–H and O–H groups in total. The summed E-state index contributed by atoms with van der Waals surface area (Å²) in [6, 6.07) is 5.76. The summed E-state index contributed by atoms with van der Waals surface area (Å²) in [6.07, 6.45) is 11.4. The predicted octanol–water partition coefficient (Wildman–Crippen LogP) is 4.45. The molecule has 0 bridgehead atoms. The number of rotatable bonds is 11. The molecule has 3 fully saturated rings. The molecule has 41 heavy (non-hydrogen) atoms. The van der Waals surface area contributed by atoms with Gasteiger partial charge in [0.2, 0.25) is 5.91 Å². The van der Waals surface area contributed by atoms with Gasteiger partial charge >= 0.3 is 0 Å². The van der Waals surface area contributed by atoms with E-state index >= 15 is 0 Å². The largest absolute Gasteiger partial charge is 0.497 e. The highest BCUT2D eigenvalue weighted by Crippen LogP contribution is 2.41. The van der Waals surface area contributed by atoms with Crippen molar-refractivity contribution < 1.29 is 24.6 Å². The van der Waals surface area contributed by atoms with Crippen LogP contribution in [-0.2, 0) is 16.1 Å². The molecule has 1 aromatic heterocycles. The zero-order valence-corrected chi connectivity index (χ0v) is 24.7. The number of carbonyl (C=O) groups excluding carboxylic acids is 1. The number of likely N-dealkylation sites (tertiary alicyclic amines) is 1. The number of aromatic nitrogens is 1. The maximum absolute atomic E-state index is 13.1. The quantitative estimate of drug-likeness (QED) is 0.270. The molecule has 5 rings (SSSR count). The van der Waals surface area contributed by atoms with E-state index in [9.17, 15) is 15.1 Å². The zero-order valence-electron chi connectivity index (χ0n) is 24.7. The minimum Gasteiger partial charge on any atom is -0.497 e. The highest BCUT2D eigenvalue weighted by molar-refractivity contribution is 5.85. The molecule has 9 nitrogen and oxygen atoms in total. The molecule has 3 aliphatic rings. The first-order chi connectivity index (χ1) is 20.0. The minimum atomic E-state index is -0.781. The van der Waals surface area contributed by atoms with Crippen molar-refractivity contribution >= 4 is 16.8 Å². The van der Waals surface area contributed by atoms with E-state index in [1.165, 1.54) is 38.5 Å². The molecule has 1 atom stereocenters. The molecule has 0 unspecified atom stereocenters. The van der Waals surface area contributed by atoms with Crippen LogP contribution < -0.4 is 10.2 Å². The number of fused-ring (bicyclic) bond motifs is 1. The van der Waals surface area contributed by atoms with Crippen LogP contribution in [0.5, 0.6) is 5.75 Å². The van der Waals surface area contributed by atoms with E-state index < -0.39 is 11.5 Å². The topological polar surface area (TPSA) is 107 Å². The number of amides is 1. The Morgan fingerprint density at radius 3 is 2.61 bits per heavy atom. The van der Waals surface area contributed by atoms with E-state index in [1.807, 2.05) is 29.9 Å². The maximum atomic E-state index is 13.1. The van der Waals surface area contributed by atoms with Crippen LogP contribution >= 0.6 is 0 Å². The third kappa shape index (κ3) is 7.38. The second kappa shape index (κ2) is 14.2. The van der Waals surface area contributed by atoms with Gasteiger partial charge in [0.15, 0.2) is 0 Å². The minimum absolute atomic E-state index is 0.327. The van der Waals surface area contributed by atoms with Gasteiger partial charge in [-0.25, -0.2) is 5.48 Å². The number of piperidine rings is 1. The molecule has 9 heteroatoms. The summed E-state index contributed by atoms with van der Waals surface area (Å²) in [5, 5.41) is 22.3. The Bertz CT molecular complexity index is 1140. The number of hydrogen-bond acceptors (Lipinski definition) is 8. The monoisotopic (exact) mass is 568 g/mol. The summed E-state index contributed by atoms with van der Waals surface area (Å²) in [7, 11) is 1.64. The second-order valence-corrected chi connectivity index (χ2v) is 12.4. The van der Waals surface area contributed by atoms with Gasteiger partial charge in [-0.1, -0.05) is 32.1 Å². The molecule has 1 saturated carbocycles. The normalized spacial score (nSPS) is 21.5. The van der Waals surface area contributed by atoms with E-state index in [1.54, 1.807) is 7.11 Å². The Balaban J connectivity index is 1.30. The Kier molecular flexibility index (Phi) is 10.5. The van der Waals surface area contributed by atoms with Crippen LogP contribution in [0.15, 0.2) is 24.4 Å². The number of nitrogens with zero attached hydrogens (tertiary/aromatic N) is 3. The number of pyridine rings is 1. The van der Waals surface area contributed by atoms with Crippen LogP contribution in [0.2, 0.25) is 0 Å². The SMILES string of the molecule is COc1ccc2ncc(CN3CCOCC3)c([C@H](O)CCC3(C(=O)NO)CCN(CCC4CCCCC4)CC3)c2c1. The van der Waals surface area contributed by atoms with Gasteiger partial charge in [-0.3, -0.25) is 19.9 Å². The molecule has 1 aliphatic carbocycles. The molecular weight excluding hydrogens is 520 g/mol. The number of aliphatic hydroxyl groups excluding tert-OH is 1. The number of carbonyl (C=O) groups is 1. The molecule has 226 valence electrons. The van der Waals surface area contributed by atoms with Crippen LogP contribution in [0.25, 0.3) is 10.9 Å². The van der Waals surface area contributed by atoms with Crippen molar-refractivity contribution in [2.24, 2.45) is 11.3 Å². The third-order valence-electron chi connectivity index (χ3n) is 9.90. The van der Waals surface area contributed by atoms with Crippen molar-refractivity contribution in [3.05, 3.63) is 35.5 Å². The average molecular weight is 569 g/mol. The maximum Gasteiger partial charge on any atom is 0.249 e. The van der Waals surface area contributed by atoms with Crippen molar-refractivity contribution in [1.29, 1.82) is 0 Å². The molecule has 2 saturated heterocycles. The van der Waals surface area contributed by atoms with E-state index in [4.69, 9.17) is 14.5 Å². The molecule has 2 aromatic rings. The molecule has 0 spiro atoms. The number of hydrogen-bond donors (Lipinski definition) is 3. The van der Waals surface area contributed by atoms with Crippen molar-refractivity contribution in [3.63, 3.8) is 0 Å². The van der Waals surface area contributed by atoms with Crippen molar-refractivity contribution in [3.8, 4) is 5.75 Å². The van der Waals surface area contributed by atoms with E-state index in [2.05, 4.69) is 9.80 Å². The second-order valence-electron chi connectivity index (χ2n) is 12.4. The lowest BCUT2D eigenvalue weighted by atomic mass is 9.73. The lowest BCUT2D eigenvalue weighted by Gasteiger charge is -2.41.